The van der Waals surface area contributed by atoms with Crippen molar-refractivity contribution < 1.29 is 4.74 Å². The molecule has 0 aromatic carbocycles. The predicted octanol–water partition coefficient (Wildman–Crippen LogP) is 1.83. The van der Waals surface area contributed by atoms with Gasteiger partial charge in [-0.05, 0) is 26.0 Å². The van der Waals surface area contributed by atoms with Gasteiger partial charge >= 0.3 is 0 Å². The van der Waals surface area contributed by atoms with E-state index in [0.717, 1.165) is 25.4 Å². The summed E-state index contributed by atoms with van der Waals surface area (Å²) >= 11 is 0. The summed E-state index contributed by atoms with van der Waals surface area (Å²) in [5.74, 6) is 0.581. The van der Waals surface area contributed by atoms with Gasteiger partial charge in [-0.1, -0.05) is 7.43 Å². The van der Waals surface area contributed by atoms with E-state index in [9.17, 15) is 0 Å². The Morgan fingerprint density at radius 2 is 2.25 bits per heavy atom. The van der Waals surface area contributed by atoms with E-state index in [0.29, 0.717) is 5.82 Å². The zero-order chi connectivity index (χ0) is 10.8. The highest BCUT2D eigenvalue weighted by Crippen LogP contribution is 2.21. The number of morpholine rings is 1. The number of nitrogen functional groups attached to an aromatic ring is 1. The van der Waals surface area contributed by atoms with E-state index in [2.05, 4.69) is 16.8 Å². The van der Waals surface area contributed by atoms with Gasteiger partial charge < -0.3 is 15.4 Å². The molecule has 90 valence electrons. The lowest BCUT2D eigenvalue weighted by Crippen LogP contribution is -2.41. The Bertz CT molecular complexity index is 354. The topological polar surface area (TPSA) is 51.4 Å². The van der Waals surface area contributed by atoms with Gasteiger partial charge in [0, 0.05) is 13.1 Å². The van der Waals surface area contributed by atoms with Crippen molar-refractivity contribution in [2.24, 2.45) is 0 Å². The molecule has 0 bridgehead atoms. The van der Waals surface area contributed by atoms with Crippen LogP contribution in [0.4, 0.5) is 11.5 Å². The minimum atomic E-state index is 0. The van der Waals surface area contributed by atoms with Crippen LogP contribution in [-0.4, -0.2) is 30.8 Å². The van der Waals surface area contributed by atoms with Gasteiger partial charge in [0.05, 0.1) is 24.1 Å². The van der Waals surface area contributed by atoms with Gasteiger partial charge in [0.2, 0.25) is 0 Å². The molecule has 1 aromatic heterocycles. The maximum Gasteiger partial charge on any atom is 0.123 e. The molecule has 1 fully saturated rings. The lowest BCUT2D eigenvalue weighted by molar-refractivity contribution is 0.0531. The molecule has 0 amide bonds. The first-order chi connectivity index (χ1) is 7.16. The summed E-state index contributed by atoms with van der Waals surface area (Å²) in [6.45, 7) is 6.71. The number of pyridine rings is 1. The Kier molecular flexibility index (Phi) is 4.12. The third-order valence-electron chi connectivity index (χ3n) is 2.66. The van der Waals surface area contributed by atoms with Crippen molar-refractivity contribution in [2.45, 2.75) is 27.4 Å². The monoisotopic (exact) mass is 223 g/mol. The van der Waals surface area contributed by atoms with Crippen LogP contribution in [0.1, 0.15) is 20.0 Å². The van der Waals surface area contributed by atoms with E-state index in [-0.39, 0.29) is 13.5 Å². The standard InChI is InChI=1S/C11H17N3O.CH4/c1-8-7-14(5-6-15-8)10-3-4-11(12)13-9(10)2;/h3-4,8H,5-7H2,1-2H3,(H2,12,13);1H4. The third kappa shape index (κ3) is 2.64. The molecule has 0 saturated carbocycles. The van der Waals surface area contributed by atoms with Crippen molar-refractivity contribution in [1.82, 2.24) is 4.98 Å². The van der Waals surface area contributed by atoms with Crippen molar-refractivity contribution >= 4 is 11.5 Å². The molecule has 0 radical (unpaired) electrons. The summed E-state index contributed by atoms with van der Waals surface area (Å²) < 4.78 is 5.51. The van der Waals surface area contributed by atoms with Crippen molar-refractivity contribution in [1.29, 1.82) is 0 Å². The van der Waals surface area contributed by atoms with Crippen molar-refractivity contribution in [3.8, 4) is 0 Å². The molecule has 4 heteroatoms. The fourth-order valence-corrected chi connectivity index (χ4v) is 1.94. The lowest BCUT2D eigenvalue weighted by atomic mass is 10.2. The highest BCUT2D eigenvalue weighted by molar-refractivity contribution is 5.53. The Hall–Kier alpha value is -1.29. The Morgan fingerprint density at radius 3 is 2.88 bits per heavy atom. The van der Waals surface area contributed by atoms with E-state index in [4.69, 9.17) is 10.5 Å². The van der Waals surface area contributed by atoms with Gasteiger partial charge in [-0.3, -0.25) is 0 Å². The number of nitrogens with two attached hydrogens (primary N) is 1. The fraction of sp³-hybridized carbons (Fsp3) is 0.583. The Labute approximate surface area is 97.4 Å². The fourth-order valence-electron chi connectivity index (χ4n) is 1.94. The number of aromatic nitrogens is 1. The first kappa shape index (κ1) is 12.8. The van der Waals surface area contributed by atoms with E-state index in [1.165, 1.54) is 5.69 Å². The van der Waals surface area contributed by atoms with Gasteiger partial charge in [-0.25, -0.2) is 4.98 Å². The van der Waals surface area contributed by atoms with E-state index < -0.39 is 0 Å². The van der Waals surface area contributed by atoms with Gasteiger partial charge in [-0.15, -0.1) is 0 Å². The summed E-state index contributed by atoms with van der Waals surface area (Å²) in [6.07, 6.45) is 0.288. The Morgan fingerprint density at radius 1 is 1.50 bits per heavy atom. The molecule has 1 aliphatic heterocycles. The summed E-state index contributed by atoms with van der Waals surface area (Å²) in [5, 5.41) is 0. The minimum absolute atomic E-state index is 0. The van der Waals surface area contributed by atoms with Crippen LogP contribution in [0.15, 0.2) is 12.1 Å². The quantitative estimate of drug-likeness (QED) is 0.789. The molecule has 2 heterocycles. The molecule has 0 spiro atoms. The molecule has 0 aliphatic carbocycles. The second kappa shape index (κ2) is 5.16. The minimum Gasteiger partial charge on any atom is -0.384 e. The summed E-state index contributed by atoms with van der Waals surface area (Å²) in [4.78, 5) is 6.57. The van der Waals surface area contributed by atoms with Crippen molar-refractivity contribution in [3.05, 3.63) is 17.8 Å². The van der Waals surface area contributed by atoms with Crippen LogP contribution in [0.5, 0.6) is 0 Å². The van der Waals surface area contributed by atoms with Crippen LogP contribution in [-0.2, 0) is 4.74 Å². The zero-order valence-electron chi connectivity index (χ0n) is 9.23. The van der Waals surface area contributed by atoms with E-state index >= 15 is 0 Å². The van der Waals surface area contributed by atoms with Gasteiger partial charge in [0.1, 0.15) is 5.82 Å². The molecule has 2 rings (SSSR count). The second-order valence-electron chi connectivity index (χ2n) is 3.97. The summed E-state index contributed by atoms with van der Waals surface area (Å²) in [6, 6.07) is 3.89. The average Bonchev–Trinajstić information content (AvgIpc) is 2.17. The molecule has 1 aliphatic rings. The molecule has 4 nitrogen and oxygen atoms in total. The van der Waals surface area contributed by atoms with Crippen molar-refractivity contribution in [2.75, 3.05) is 30.3 Å². The van der Waals surface area contributed by atoms with Crippen LogP contribution in [0, 0.1) is 6.92 Å². The molecule has 1 atom stereocenters. The number of rotatable bonds is 1. The smallest absolute Gasteiger partial charge is 0.123 e. The third-order valence-corrected chi connectivity index (χ3v) is 2.66. The predicted molar refractivity (Wildman–Crippen MR) is 67.7 cm³/mol. The maximum absolute atomic E-state index is 5.63. The molecule has 2 N–H and O–H groups in total. The number of hydrogen-bond donors (Lipinski definition) is 1. The first-order valence-corrected chi connectivity index (χ1v) is 5.26. The summed E-state index contributed by atoms with van der Waals surface area (Å²) in [7, 11) is 0. The SMILES string of the molecule is C.Cc1nc(N)ccc1N1CCOC(C)C1. The molecule has 1 aromatic rings. The highest BCUT2D eigenvalue weighted by atomic mass is 16.5. The zero-order valence-corrected chi connectivity index (χ0v) is 9.23. The molecular weight excluding hydrogens is 202 g/mol. The number of ether oxygens (including phenoxy) is 1. The van der Waals surface area contributed by atoms with Gasteiger partial charge in [0.25, 0.3) is 0 Å². The summed E-state index contributed by atoms with van der Waals surface area (Å²) in [5.41, 5.74) is 7.79. The average molecular weight is 223 g/mol. The second-order valence-corrected chi connectivity index (χ2v) is 3.97. The Balaban J connectivity index is 0.00000128. The van der Waals surface area contributed by atoms with Crippen LogP contribution in [0.3, 0.4) is 0 Å². The van der Waals surface area contributed by atoms with E-state index in [1.807, 2.05) is 19.1 Å². The maximum atomic E-state index is 5.63. The number of nitrogens with zero attached hydrogens (tertiary/aromatic N) is 2. The molecule has 16 heavy (non-hydrogen) atoms. The lowest BCUT2D eigenvalue weighted by Gasteiger charge is -2.33. The normalized spacial score (nSPS) is 20.4. The largest absolute Gasteiger partial charge is 0.384 e. The van der Waals surface area contributed by atoms with Gasteiger partial charge in [0.15, 0.2) is 0 Å². The van der Waals surface area contributed by atoms with Crippen LogP contribution >= 0.6 is 0 Å². The van der Waals surface area contributed by atoms with Gasteiger partial charge in [-0.2, -0.15) is 0 Å². The molecule has 1 saturated heterocycles. The first-order valence-electron chi connectivity index (χ1n) is 5.26. The van der Waals surface area contributed by atoms with Crippen LogP contribution < -0.4 is 10.6 Å². The van der Waals surface area contributed by atoms with Crippen LogP contribution in [0.2, 0.25) is 0 Å². The highest BCUT2D eigenvalue weighted by Gasteiger charge is 2.18. The number of anilines is 2. The molecule has 1 unspecified atom stereocenters. The number of hydrogen-bond acceptors (Lipinski definition) is 4. The number of aryl methyl sites for hydroxylation is 1. The van der Waals surface area contributed by atoms with E-state index in [1.54, 1.807) is 0 Å². The van der Waals surface area contributed by atoms with Crippen LogP contribution in [0.25, 0.3) is 0 Å². The molecular formula is C12H21N3O. The van der Waals surface area contributed by atoms with Crippen molar-refractivity contribution in [3.63, 3.8) is 0 Å².